The zero-order valence-corrected chi connectivity index (χ0v) is 12.6. The summed E-state index contributed by atoms with van der Waals surface area (Å²) in [6, 6.07) is 0. The largest absolute Gasteiger partial charge is 0.469 e. The molecule has 0 aromatic carbocycles. The first-order chi connectivity index (χ1) is 11.2. The summed E-state index contributed by atoms with van der Waals surface area (Å²) >= 11 is 0. The quantitative estimate of drug-likeness (QED) is 0.299. The van der Waals surface area contributed by atoms with E-state index in [4.69, 9.17) is 14.5 Å². The van der Waals surface area contributed by atoms with Crippen LogP contribution in [0.1, 0.15) is 6.23 Å². The van der Waals surface area contributed by atoms with E-state index in [1.165, 1.54) is 0 Å². The Morgan fingerprint density at radius 3 is 2.79 bits per heavy atom. The van der Waals surface area contributed by atoms with Gasteiger partial charge in [-0.1, -0.05) is 0 Å². The van der Waals surface area contributed by atoms with Crippen LogP contribution in [0.2, 0.25) is 0 Å². The highest BCUT2D eigenvalue weighted by molar-refractivity contribution is 7.46. The van der Waals surface area contributed by atoms with Crippen molar-refractivity contribution in [1.82, 2.24) is 19.5 Å². The van der Waals surface area contributed by atoms with Crippen molar-refractivity contribution in [3.8, 4) is 0 Å². The molecule has 4 atom stereocenters. The predicted molar refractivity (Wildman–Crippen MR) is 72.0 cm³/mol. The maximum Gasteiger partial charge on any atom is 0.469 e. The molecule has 24 heavy (non-hydrogen) atoms. The van der Waals surface area contributed by atoms with Crippen LogP contribution in [0.3, 0.4) is 0 Å². The van der Waals surface area contributed by atoms with Crippen LogP contribution < -0.4 is 5.56 Å². The summed E-state index contributed by atoms with van der Waals surface area (Å²) in [6.45, 7) is -0.700. The Morgan fingerprint density at radius 1 is 1.42 bits per heavy atom. The van der Waals surface area contributed by atoms with Gasteiger partial charge in [-0.05, 0) is 0 Å². The Kier molecular flexibility index (Phi) is 4.25. The van der Waals surface area contributed by atoms with Gasteiger partial charge in [-0.2, -0.15) is 9.37 Å². The smallest absolute Gasteiger partial charge is 0.387 e. The molecular weight excluding hydrogens is 354 g/mol. The summed E-state index contributed by atoms with van der Waals surface area (Å²) in [6.07, 6.45) is -5.82. The van der Waals surface area contributed by atoms with E-state index in [0.717, 1.165) is 10.9 Å². The summed E-state index contributed by atoms with van der Waals surface area (Å²) < 4.78 is 34.5. The average molecular weight is 366 g/mol. The molecule has 2 aromatic rings. The number of aromatic nitrogens is 4. The van der Waals surface area contributed by atoms with E-state index in [1.807, 2.05) is 4.98 Å². The molecule has 3 rings (SSSR count). The lowest BCUT2D eigenvalue weighted by molar-refractivity contribution is -0.0504. The highest BCUT2D eigenvalue weighted by atomic mass is 31.2. The van der Waals surface area contributed by atoms with Gasteiger partial charge in [0.2, 0.25) is 0 Å². The summed E-state index contributed by atoms with van der Waals surface area (Å²) in [5, 5.41) is 19.9. The number of fused-ring (bicyclic) bond motifs is 1. The zero-order chi connectivity index (χ0) is 17.6. The third-order valence-electron chi connectivity index (χ3n) is 3.42. The molecule has 0 amide bonds. The first-order valence-electron chi connectivity index (χ1n) is 6.51. The summed E-state index contributed by atoms with van der Waals surface area (Å²) in [5.41, 5.74) is -1.29. The van der Waals surface area contributed by atoms with E-state index in [9.17, 15) is 24.0 Å². The topological polar surface area (TPSA) is 180 Å². The number of imidazole rings is 1. The van der Waals surface area contributed by atoms with Crippen LogP contribution in [-0.4, -0.2) is 64.4 Å². The van der Waals surface area contributed by atoms with Crippen LogP contribution >= 0.6 is 7.82 Å². The molecule has 0 spiro atoms. The summed E-state index contributed by atoms with van der Waals surface area (Å²) in [5.74, 6) is 0. The molecule has 0 aliphatic carbocycles. The van der Waals surface area contributed by atoms with Gasteiger partial charge in [-0.3, -0.25) is 18.9 Å². The second-order valence-electron chi connectivity index (χ2n) is 5.01. The molecule has 132 valence electrons. The number of aromatic amines is 1. The van der Waals surface area contributed by atoms with Gasteiger partial charge in [0.15, 0.2) is 17.4 Å². The molecule has 3 heterocycles. The molecule has 1 fully saturated rings. The van der Waals surface area contributed by atoms with Crippen LogP contribution in [0, 0.1) is 6.08 Å². The van der Waals surface area contributed by atoms with Gasteiger partial charge in [0.25, 0.3) is 11.6 Å². The standard InChI is InChI=1S/C10H12FN4O8P/c11-10-13-7-4(8(18)14-10)12-2-15(7)9-6(17)5(16)3(23-9)1-22-24(19,20)21/h2-3,5-6,9,16-17H,1H2,(H,13,14,18)(H2,19,20,21)/t3-,5-,6-,9-/m1/s1. The number of H-pyrrole nitrogens is 1. The zero-order valence-electron chi connectivity index (χ0n) is 11.7. The number of phosphoric acid groups is 1. The van der Waals surface area contributed by atoms with Crippen molar-refractivity contribution >= 4 is 19.0 Å². The Morgan fingerprint density at radius 2 is 2.12 bits per heavy atom. The molecule has 1 saturated heterocycles. The van der Waals surface area contributed by atoms with Gasteiger partial charge in [0.1, 0.15) is 18.3 Å². The SMILES string of the molecule is O=c1[nH]c(F)nc2c1ncn2[C@@H]1O[C@H](COP(=O)(O)O)[C@@H](O)[C@H]1O. The molecule has 2 aromatic heterocycles. The monoisotopic (exact) mass is 366 g/mol. The van der Waals surface area contributed by atoms with Gasteiger partial charge in [-0.15, -0.1) is 0 Å². The Labute approximate surface area is 131 Å². The van der Waals surface area contributed by atoms with E-state index in [1.54, 1.807) is 0 Å². The Bertz CT molecular complexity index is 864. The summed E-state index contributed by atoms with van der Waals surface area (Å²) in [4.78, 5) is 37.9. The normalized spacial score (nSPS) is 27.9. The highest BCUT2D eigenvalue weighted by Gasteiger charge is 2.45. The first-order valence-corrected chi connectivity index (χ1v) is 8.04. The van der Waals surface area contributed by atoms with Gasteiger partial charge >= 0.3 is 7.82 Å². The fourth-order valence-electron chi connectivity index (χ4n) is 2.35. The van der Waals surface area contributed by atoms with Crippen molar-refractivity contribution in [3.05, 3.63) is 22.8 Å². The molecule has 0 radical (unpaired) electrons. The fourth-order valence-corrected chi connectivity index (χ4v) is 2.69. The van der Waals surface area contributed by atoms with Crippen LogP contribution in [0.5, 0.6) is 0 Å². The number of nitrogens with one attached hydrogen (secondary N) is 1. The Hall–Kier alpha value is -1.73. The van der Waals surface area contributed by atoms with E-state index < -0.39 is 50.6 Å². The number of halogens is 1. The molecule has 0 saturated carbocycles. The number of ether oxygens (including phenoxy) is 1. The lowest BCUT2D eigenvalue weighted by atomic mass is 10.1. The molecule has 1 aliphatic heterocycles. The molecule has 0 unspecified atom stereocenters. The first kappa shape index (κ1) is 17.1. The number of hydrogen-bond donors (Lipinski definition) is 5. The van der Waals surface area contributed by atoms with Gasteiger partial charge in [0, 0.05) is 0 Å². The van der Waals surface area contributed by atoms with E-state index >= 15 is 0 Å². The maximum absolute atomic E-state index is 13.3. The maximum atomic E-state index is 13.3. The second-order valence-corrected chi connectivity index (χ2v) is 6.25. The fraction of sp³-hybridized carbons (Fsp3) is 0.500. The number of aliphatic hydroxyl groups excluding tert-OH is 2. The molecule has 14 heteroatoms. The number of nitrogens with zero attached hydrogens (tertiary/aromatic N) is 3. The second kappa shape index (κ2) is 5.97. The van der Waals surface area contributed by atoms with Crippen LogP contribution in [0.25, 0.3) is 11.2 Å². The lowest BCUT2D eigenvalue weighted by Crippen LogP contribution is -2.33. The van der Waals surface area contributed by atoms with Crippen LogP contribution in [-0.2, 0) is 13.8 Å². The van der Waals surface area contributed by atoms with Crippen molar-refractivity contribution in [2.24, 2.45) is 0 Å². The minimum atomic E-state index is -4.80. The van der Waals surface area contributed by atoms with Crippen molar-refractivity contribution in [2.45, 2.75) is 24.5 Å². The van der Waals surface area contributed by atoms with Crippen molar-refractivity contribution in [1.29, 1.82) is 0 Å². The summed E-state index contributed by atoms with van der Waals surface area (Å²) in [7, 11) is -4.80. The minimum Gasteiger partial charge on any atom is -0.387 e. The predicted octanol–water partition coefficient (Wildman–Crippen LogP) is -2.01. The third-order valence-corrected chi connectivity index (χ3v) is 3.91. The molecule has 0 bridgehead atoms. The highest BCUT2D eigenvalue weighted by Crippen LogP contribution is 2.38. The minimum absolute atomic E-state index is 0.211. The number of aliphatic hydroxyl groups is 2. The van der Waals surface area contributed by atoms with Gasteiger partial charge < -0.3 is 24.7 Å². The average Bonchev–Trinajstić information content (AvgIpc) is 3.00. The van der Waals surface area contributed by atoms with E-state index in [2.05, 4.69) is 14.5 Å². The Balaban J connectivity index is 1.90. The molecule has 1 aliphatic rings. The van der Waals surface area contributed by atoms with E-state index in [0.29, 0.717) is 0 Å². The van der Waals surface area contributed by atoms with Crippen molar-refractivity contribution in [2.75, 3.05) is 6.61 Å². The van der Waals surface area contributed by atoms with Crippen LogP contribution in [0.15, 0.2) is 11.1 Å². The molecular formula is C10H12FN4O8P. The van der Waals surface area contributed by atoms with Crippen LogP contribution in [0.4, 0.5) is 4.39 Å². The molecule has 12 nitrogen and oxygen atoms in total. The van der Waals surface area contributed by atoms with Crippen molar-refractivity contribution < 1.29 is 38.2 Å². The van der Waals surface area contributed by atoms with Crippen molar-refractivity contribution in [3.63, 3.8) is 0 Å². The number of rotatable bonds is 4. The van der Waals surface area contributed by atoms with Gasteiger partial charge in [0.05, 0.1) is 12.9 Å². The number of hydrogen-bond acceptors (Lipinski definition) is 8. The third kappa shape index (κ3) is 3.10. The molecule has 5 N–H and O–H groups in total. The van der Waals surface area contributed by atoms with E-state index in [-0.39, 0.29) is 11.2 Å². The van der Waals surface area contributed by atoms with Gasteiger partial charge in [-0.25, -0.2) is 9.55 Å². The lowest BCUT2D eigenvalue weighted by Gasteiger charge is -2.16. The number of phosphoric ester groups is 1.